The molecule has 45 heavy (non-hydrogen) atoms. The van der Waals surface area contributed by atoms with Gasteiger partial charge in [0, 0.05) is 24.6 Å². The highest BCUT2D eigenvalue weighted by Gasteiger charge is 2.33. The highest BCUT2D eigenvalue weighted by Crippen LogP contribution is 2.22. The Hall–Kier alpha value is -4.51. The largest absolute Gasteiger partial charge is 0.527 e. The first-order chi connectivity index (χ1) is 21.1. The Balaban J connectivity index is 1.82. The minimum absolute atomic E-state index is 0.0702. The van der Waals surface area contributed by atoms with Gasteiger partial charge in [-0.15, -0.1) is 5.06 Å². The predicted octanol–water partition coefficient (Wildman–Crippen LogP) is 0.663. The molecular formula is C28H38N6O10S. The maximum Gasteiger partial charge on any atom is 0.527 e. The number of amides is 3. The Labute approximate surface area is 261 Å². The van der Waals surface area contributed by atoms with E-state index in [0.29, 0.717) is 5.69 Å². The van der Waals surface area contributed by atoms with Gasteiger partial charge < -0.3 is 24.5 Å². The van der Waals surface area contributed by atoms with Gasteiger partial charge in [0.25, 0.3) is 5.91 Å². The van der Waals surface area contributed by atoms with E-state index < -0.39 is 51.8 Å². The van der Waals surface area contributed by atoms with Gasteiger partial charge >= 0.3 is 6.16 Å². The van der Waals surface area contributed by atoms with E-state index in [2.05, 4.69) is 10.4 Å². The second kappa shape index (κ2) is 15.0. The smallest absolute Gasteiger partial charge is 0.470 e. The van der Waals surface area contributed by atoms with Crippen molar-refractivity contribution in [1.82, 2.24) is 29.8 Å². The van der Waals surface area contributed by atoms with Crippen molar-refractivity contribution in [3.05, 3.63) is 42.1 Å². The van der Waals surface area contributed by atoms with Crippen molar-refractivity contribution in [2.24, 2.45) is 5.41 Å². The molecule has 2 heterocycles. The average Bonchev–Trinajstić information content (AvgIpc) is 3.39. The van der Waals surface area contributed by atoms with Crippen LogP contribution in [0.15, 0.2) is 36.4 Å². The number of piperazine rings is 1. The molecule has 1 aromatic heterocycles. The van der Waals surface area contributed by atoms with E-state index in [1.54, 1.807) is 62.7 Å². The molecule has 0 unspecified atom stereocenters. The number of aromatic nitrogens is 2. The van der Waals surface area contributed by atoms with Crippen LogP contribution in [0.4, 0.5) is 4.79 Å². The van der Waals surface area contributed by atoms with Crippen LogP contribution in [0.2, 0.25) is 0 Å². The number of ketones is 1. The summed E-state index contributed by atoms with van der Waals surface area (Å²) in [6.07, 6.45) is -0.799. The zero-order chi connectivity index (χ0) is 33.4. The third kappa shape index (κ3) is 10.6. The normalized spacial score (nSPS) is 14.6. The second-order valence-corrected chi connectivity index (χ2v) is 12.9. The highest BCUT2D eigenvalue weighted by atomic mass is 32.2. The maximum absolute atomic E-state index is 13.5. The van der Waals surface area contributed by atoms with E-state index in [-0.39, 0.29) is 56.7 Å². The summed E-state index contributed by atoms with van der Waals surface area (Å²) in [5.41, 5.74) is -0.335. The van der Waals surface area contributed by atoms with Crippen molar-refractivity contribution < 1.29 is 46.7 Å². The van der Waals surface area contributed by atoms with Crippen LogP contribution in [0.3, 0.4) is 0 Å². The lowest BCUT2D eigenvalue weighted by Gasteiger charge is -2.34. The van der Waals surface area contributed by atoms with Crippen molar-refractivity contribution in [2.75, 3.05) is 45.6 Å². The van der Waals surface area contributed by atoms with Crippen LogP contribution in [0.25, 0.3) is 5.69 Å². The molecule has 1 aliphatic rings. The number of Topliss-reactive ketones (excluding diaryl/α,β-unsaturated/α-hetero) is 1. The number of nitrogens with one attached hydrogen (secondary N) is 2. The topological polar surface area (TPSA) is 196 Å². The number of nitrogens with zero attached hydrogens (tertiary/aromatic N) is 4. The summed E-state index contributed by atoms with van der Waals surface area (Å²) in [4.78, 5) is 70.0. The van der Waals surface area contributed by atoms with Crippen LogP contribution in [0.5, 0.6) is 5.88 Å². The van der Waals surface area contributed by atoms with Gasteiger partial charge in [0.1, 0.15) is 12.6 Å². The molecule has 246 valence electrons. The van der Waals surface area contributed by atoms with Crippen molar-refractivity contribution in [3.8, 4) is 11.6 Å². The van der Waals surface area contributed by atoms with Crippen LogP contribution in [-0.2, 0) is 34.0 Å². The standard InChI is InChI=1S/C28H38N6O10S/c1-6-42-27(39)44-33-14-12-32(13-15-33)26(38)21(16-23(36)31-45(5,40)41)29-25(37)20-17-24(43-18-22(35)28(2,3)4)34(30-20)19-10-8-7-9-11-19/h7-11,17,21H,6,12-16,18H2,1-5H3,(H,29,37)(H,31,36)/t21-/m0/s1. The quantitative estimate of drug-likeness (QED) is 0.305. The van der Waals surface area contributed by atoms with Gasteiger partial charge in [-0.05, 0) is 19.1 Å². The molecule has 17 heteroatoms. The third-order valence-corrected chi connectivity index (χ3v) is 7.00. The first-order valence-corrected chi connectivity index (χ1v) is 16.0. The molecule has 1 atom stereocenters. The van der Waals surface area contributed by atoms with Crippen molar-refractivity contribution in [2.45, 2.75) is 40.2 Å². The summed E-state index contributed by atoms with van der Waals surface area (Å²) in [7, 11) is -3.94. The Morgan fingerprint density at radius 2 is 1.67 bits per heavy atom. The van der Waals surface area contributed by atoms with Gasteiger partial charge in [-0.25, -0.2) is 17.9 Å². The van der Waals surface area contributed by atoms with E-state index in [1.807, 2.05) is 0 Å². The summed E-state index contributed by atoms with van der Waals surface area (Å²) < 4.78 is 36.9. The van der Waals surface area contributed by atoms with Crippen LogP contribution >= 0.6 is 0 Å². The molecule has 0 spiro atoms. The zero-order valence-electron chi connectivity index (χ0n) is 25.8. The molecule has 1 fully saturated rings. The van der Waals surface area contributed by atoms with Gasteiger partial charge in [0.2, 0.25) is 27.7 Å². The molecular weight excluding hydrogens is 612 g/mol. The highest BCUT2D eigenvalue weighted by molar-refractivity contribution is 7.89. The minimum Gasteiger partial charge on any atom is -0.470 e. The number of hydrogen-bond acceptors (Lipinski definition) is 12. The molecule has 0 radical (unpaired) electrons. The van der Waals surface area contributed by atoms with Crippen LogP contribution in [-0.4, -0.2) is 110 Å². The summed E-state index contributed by atoms with van der Waals surface area (Å²) in [6.45, 7) is 7.08. The Bertz CT molecular complexity index is 1500. The fourth-order valence-corrected chi connectivity index (χ4v) is 4.52. The fourth-order valence-electron chi connectivity index (χ4n) is 4.02. The molecule has 1 aromatic carbocycles. The summed E-state index contributed by atoms with van der Waals surface area (Å²) in [5, 5.41) is 8.12. The SMILES string of the molecule is CCOC(=O)ON1CCN(C(=O)[C@H](CC(=O)NS(C)(=O)=O)NC(=O)c2cc(OCC(=O)C(C)(C)C)n(-c3ccccc3)n2)CC1. The summed E-state index contributed by atoms with van der Waals surface area (Å²) in [6, 6.07) is 8.50. The molecule has 1 saturated heterocycles. The molecule has 2 N–H and O–H groups in total. The van der Waals surface area contributed by atoms with Crippen LogP contribution < -0.4 is 14.8 Å². The summed E-state index contributed by atoms with van der Waals surface area (Å²) in [5.74, 6) is -2.65. The molecule has 0 aliphatic carbocycles. The zero-order valence-corrected chi connectivity index (χ0v) is 26.6. The number of benzene rings is 1. The monoisotopic (exact) mass is 650 g/mol. The van der Waals surface area contributed by atoms with Crippen molar-refractivity contribution in [3.63, 3.8) is 0 Å². The minimum atomic E-state index is -3.94. The molecule has 0 saturated carbocycles. The Kier molecular flexibility index (Phi) is 11.6. The number of sulfonamides is 1. The second-order valence-electron chi connectivity index (χ2n) is 11.1. The van der Waals surface area contributed by atoms with Crippen molar-refractivity contribution >= 4 is 39.7 Å². The molecule has 2 aromatic rings. The number of hydrogen-bond donors (Lipinski definition) is 2. The first kappa shape index (κ1) is 35.0. The molecule has 0 bridgehead atoms. The fraction of sp³-hybridized carbons (Fsp3) is 0.500. The predicted molar refractivity (Wildman–Crippen MR) is 159 cm³/mol. The number of ether oxygens (including phenoxy) is 2. The first-order valence-electron chi connectivity index (χ1n) is 14.1. The number of para-hydroxylation sites is 1. The Morgan fingerprint density at radius 1 is 1.02 bits per heavy atom. The van der Waals surface area contributed by atoms with E-state index in [4.69, 9.17) is 14.3 Å². The molecule has 1 aliphatic heterocycles. The van der Waals surface area contributed by atoms with Crippen molar-refractivity contribution in [1.29, 1.82) is 0 Å². The third-order valence-electron chi connectivity index (χ3n) is 6.41. The maximum atomic E-state index is 13.5. The number of carbonyl (C=O) groups is 5. The molecule has 3 rings (SSSR count). The van der Waals surface area contributed by atoms with Gasteiger partial charge in [0.15, 0.2) is 11.5 Å². The van der Waals surface area contributed by atoms with E-state index in [9.17, 15) is 32.4 Å². The number of rotatable bonds is 12. The molecule has 16 nitrogen and oxygen atoms in total. The summed E-state index contributed by atoms with van der Waals surface area (Å²) >= 11 is 0. The van der Waals surface area contributed by atoms with Gasteiger partial charge in [-0.3, -0.25) is 23.9 Å². The van der Waals surface area contributed by atoms with Gasteiger partial charge in [-0.2, -0.15) is 5.10 Å². The van der Waals surface area contributed by atoms with Gasteiger partial charge in [0.05, 0.1) is 38.1 Å². The number of carbonyl (C=O) groups excluding carboxylic acids is 5. The lowest BCUT2D eigenvalue weighted by Crippen LogP contribution is -2.56. The van der Waals surface area contributed by atoms with Crippen LogP contribution in [0, 0.1) is 5.41 Å². The Morgan fingerprint density at radius 3 is 2.24 bits per heavy atom. The van der Waals surface area contributed by atoms with Gasteiger partial charge in [-0.1, -0.05) is 39.0 Å². The van der Waals surface area contributed by atoms with Crippen LogP contribution in [0.1, 0.15) is 44.6 Å². The average molecular weight is 651 g/mol. The van der Waals surface area contributed by atoms with E-state index in [0.717, 1.165) is 6.26 Å². The number of hydroxylamine groups is 2. The van der Waals surface area contributed by atoms with E-state index >= 15 is 0 Å². The molecule has 3 amide bonds. The lowest BCUT2D eigenvalue weighted by molar-refractivity contribution is -0.158. The lowest BCUT2D eigenvalue weighted by atomic mass is 9.91. The van der Waals surface area contributed by atoms with E-state index in [1.165, 1.54) is 20.7 Å².